The molecule has 0 aliphatic heterocycles. The minimum atomic E-state index is -1.21. The zero-order valence-electron chi connectivity index (χ0n) is 11.7. The smallest absolute Gasteiger partial charge is 0.329 e. The molecule has 0 spiro atoms. The van der Waals surface area contributed by atoms with Crippen LogP contribution in [0.2, 0.25) is 10.0 Å². The SMILES string of the molecule is CC1CCCC(NC(=O)c2ccc(Cl)cc2Cl)(C(=O)O)C1. The van der Waals surface area contributed by atoms with Crippen molar-refractivity contribution in [3.05, 3.63) is 33.8 Å². The van der Waals surface area contributed by atoms with Gasteiger partial charge in [0, 0.05) is 5.02 Å². The number of hydrogen-bond donors (Lipinski definition) is 2. The van der Waals surface area contributed by atoms with Gasteiger partial charge in [0.25, 0.3) is 5.91 Å². The number of hydrogen-bond acceptors (Lipinski definition) is 2. The summed E-state index contributed by atoms with van der Waals surface area (Å²) < 4.78 is 0. The molecule has 0 radical (unpaired) electrons. The Labute approximate surface area is 133 Å². The number of benzene rings is 1. The summed E-state index contributed by atoms with van der Waals surface area (Å²) in [6, 6.07) is 4.52. The number of carbonyl (C=O) groups excluding carboxylic acids is 1. The highest BCUT2D eigenvalue weighted by atomic mass is 35.5. The molecule has 1 aliphatic rings. The Morgan fingerprint density at radius 1 is 1.38 bits per heavy atom. The monoisotopic (exact) mass is 329 g/mol. The molecule has 4 nitrogen and oxygen atoms in total. The van der Waals surface area contributed by atoms with Gasteiger partial charge in [0.15, 0.2) is 0 Å². The molecule has 1 amide bonds. The summed E-state index contributed by atoms with van der Waals surface area (Å²) in [6.45, 7) is 2.00. The quantitative estimate of drug-likeness (QED) is 0.887. The van der Waals surface area contributed by atoms with Crippen LogP contribution in [0.25, 0.3) is 0 Å². The first kappa shape index (κ1) is 16.1. The second-order valence-corrected chi connectivity index (χ2v) is 6.51. The predicted octanol–water partition coefficient (Wildman–Crippen LogP) is 3.76. The fraction of sp³-hybridized carbons (Fsp3) is 0.467. The Morgan fingerprint density at radius 3 is 2.67 bits per heavy atom. The molecule has 1 aliphatic carbocycles. The van der Waals surface area contributed by atoms with Crippen molar-refractivity contribution < 1.29 is 14.7 Å². The van der Waals surface area contributed by atoms with Crippen LogP contribution in [0.5, 0.6) is 0 Å². The van der Waals surface area contributed by atoms with Gasteiger partial charge in [-0.05, 0) is 37.0 Å². The first-order chi connectivity index (χ1) is 9.84. The maximum absolute atomic E-state index is 12.4. The van der Waals surface area contributed by atoms with Crippen LogP contribution in [0, 0.1) is 5.92 Å². The van der Waals surface area contributed by atoms with E-state index in [0.29, 0.717) is 17.9 Å². The van der Waals surface area contributed by atoms with Crippen LogP contribution in [-0.4, -0.2) is 22.5 Å². The molecular formula is C15H17Cl2NO3. The van der Waals surface area contributed by atoms with E-state index in [9.17, 15) is 14.7 Å². The normalized spacial score (nSPS) is 25.4. The molecule has 1 fully saturated rings. The van der Waals surface area contributed by atoms with Gasteiger partial charge in [0.05, 0.1) is 10.6 Å². The Morgan fingerprint density at radius 2 is 2.10 bits per heavy atom. The molecule has 2 rings (SSSR count). The lowest BCUT2D eigenvalue weighted by Crippen LogP contribution is -2.56. The lowest BCUT2D eigenvalue weighted by Gasteiger charge is -2.37. The molecule has 0 heterocycles. The van der Waals surface area contributed by atoms with Gasteiger partial charge in [-0.2, -0.15) is 0 Å². The van der Waals surface area contributed by atoms with Gasteiger partial charge in [0.2, 0.25) is 0 Å². The third-order valence-corrected chi connectivity index (χ3v) is 4.48. The van der Waals surface area contributed by atoms with Crippen molar-refractivity contribution in [1.29, 1.82) is 0 Å². The average Bonchev–Trinajstić information content (AvgIpc) is 2.38. The second-order valence-electron chi connectivity index (χ2n) is 5.67. The number of carbonyl (C=O) groups is 2. The molecule has 2 unspecified atom stereocenters. The minimum Gasteiger partial charge on any atom is -0.480 e. The van der Waals surface area contributed by atoms with E-state index < -0.39 is 17.4 Å². The predicted molar refractivity (Wildman–Crippen MR) is 81.9 cm³/mol. The van der Waals surface area contributed by atoms with E-state index in [1.165, 1.54) is 12.1 Å². The number of aliphatic carboxylic acids is 1. The van der Waals surface area contributed by atoms with Crippen LogP contribution in [-0.2, 0) is 4.79 Å². The first-order valence-corrected chi connectivity index (χ1v) is 7.60. The molecule has 6 heteroatoms. The average molecular weight is 330 g/mol. The van der Waals surface area contributed by atoms with E-state index in [-0.39, 0.29) is 16.5 Å². The Bertz CT molecular complexity index is 576. The molecule has 21 heavy (non-hydrogen) atoms. The Balaban J connectivity index is 2.24. The van der Waals surface area contributed by atoms with Gasteiger partial charge in [-0.15, -0.1) is 0 Å². The van der Waals surface area contributed by atoms with Crippen LogP contribution >= 0.6 is 23.2 Å². The summed E-state index contributed by atoms with van der Waals surface area (Å²) in [6.07, 6.45) is 2.62. The number of carboxylic acids is 1. The fourth-order valence-electron chi connectivity index (χ4n) is 2.87. The van der Waals surface area contributed by atoms with Crippen molar-refractivity contribution in [3.63, 3.8) is 0 Å². The second kappa shape index (κ2) is 6.24. The Kier molecular flexibility index (Phi) is 4.79. The molecule has 1 aromatic carbocycles. The summed E-state index contributed by atoms with van der Waals surface area (Å²) >= 11 is 11.8. The molecular weight excluding hydrogens is 313 g/mol. The van der Waals surface area contributed by atoms with Crippen molar-refractivity contribution in [1.82, 2.24) is 5.32 Å². The van der Waals surface area contributed by atoms with Gasteiger partial charge in [-0.25, -0.2) is 4.79 Å². The summed E-state index contributed by atoms with van der Waals surface area (Å²) in [7, 11) is 0. The number of rotatable bonds is 3. The number of halogens is 2. The van der Waals surface area contributed by atoms with Crippen molar-refractivity contribution >= 4 is 35.1 Å². The van der Waals surface area contributed by atoms with Crippen molar-refractivity contribution in [2.24, 2.45) is 5.92 Å². The first-order valence-electron chi connectivity index (χ1n) is 6.85. The van der Waals surface area contributed by atoms with Gasteiger partial charge in [-0.3, -0.25) is 4.79 Å². The van der Waals surface area contributed by atoms with E-state index >= 15 is 0 Å². The number of amides is 1. The van der Waals surface area contributed by atoms with Crippen LogP contribution in [0.3, 0.4) is 0 Å². The molecule has 0 saturated heterocycles. The topological polar surface area (TPSA) is 66.4 Å². The van der Waals surface area contributed by atoms with Gasteiger partial charge < -0.3 is 10.4 Å². The molecule has 1 saturated carbocycles. The van der Waals surface area contributed by atoms with E-state index in [0.717, 1.165) is 12.8 Å². The summed E-state index contributed by atoms with van der Waals surface area (Å²) in [5.74, 6) is -1.21. The molecule has 114 valence electrons. The highest BCUT2D eigenvalue weighted by molar-refractivity contribution is 6.36. The van der Waals surface area contributed by atoms with Gasteiger partial charge in [0.1, 0.15) is 5.54 Å². The maximum Gasteiger partial charge on any atom is 0.329 e. The van der Waals surface area contributed by atoms with E-state index in [1.54, 1.807) is 6.07 Å². The van der Waals surface area contributed by atoms with Crippen LogP contribution in [0.15, 0.2) is 18.2 Å². The third kappa shape index (κ3) is 3.50. The van der Waals surface area contributed by atoms with E-state index in [4.69, 9.17) is 23.2 Å². The van der Waals surface area contributed by atoms with Crippen molar-refractivity contribution in [2.45, 2.75) is 38.1 Å². The molecule has 0 bridgehead atoms. The van der Waals surface area contributed by atoms with Crippen LogP contribution < -0.4 is 5.32 Å². The third-order valence-electron chi connectivity index (χ3n) is 3.94. The van der Waals surface area contributed by atoms with Crippen molar-refractivity contribution in [3.8, 4) is 0 Å². The summed E-state index contributed by atoms with van der Waals surface area (Å²) in [5, 5.41) is 12.9. The standard InChI is InChI=1S/C15H17Cl2NO3/c1-9-3-2-6-15(8-9,14(20)21)18-13(19)11-5-4-10(16)7-12(11)17/h4-5,7,9H,2-3,6,8H2,1H3,(H,18,19)(H,20,21). The maximum atomic E-state index is 12.4. The van der Waals surface area contributed by atoms with Gasteiger partial charge in [-0.1, -0.05) is 43.0 Å². The molecule has 2 N–H and O–H groups in total. The number of carboxylic acid groups (broad SMARTS) is 1. The summed E-state index contributed by atoms with van der Waals surface area (Å²) in [5.41, 5.74) is -0.975. The minimum absolute atomic E-state index is 0.212. The molecule has 2 atom stereocenters. The summed E-state index contributed by atoms with van der Waals surface area (Å²) in [4.78, 5) is 24.0. The highest BCUT2D eigenvalue weighted by Gasteiger charge is 2.43. The van der Waals surface area contributed by atoms with Crippen LogP contribution in [0.1, 0.15) is 43.0 Å². The largest absolute Gasteiger partial charge is 0.480 e. The van der Waals surface area contributed by atoms with Crippen molar-refractivity contribution in [2.75, 3.05) is 0 Å². The highest BCUT2D eigenvalue weighted by Crippen LogP contribution is 2.33. The zero-order chi connectivity index (χ0) is 15.6. The Hall–Kier alpha value is -1.26. The zero-order valence-corrected chi connectivity index (χ0v) is 13.2. The lowest BCUT2D eigenvalue weighted by atomic mass is 9.76. The molecule has 0 aromatic heterocycles. The lowest BCUT2D eigenvalue weighted by molar-refractivity contribution is -0.146. The van der Waals surface area contributed by atoms with Crippen LogP contribution in [0.4, 0.5) is 0 Å². The van der Waals surface area contributed by atoms with Gasteiger partial charge >= 0.3 is 5.97 Å². The van der Waals surface area contributed by atoms with E-state index in [1.807, 2.05) is 6.92 Å². The van der Waals surface area contributed by atoms with E-state index in [2.05, 4.69) is 5.32 Å². The molecule has 1 aromatic rings. The fourth-order valence-corrected chi connectivity index (χ4v) is 3.37. The number of nitrogens with one attached hydrogen (secondary N) is 1.